The van der Waals surface area contributed by atoms with Crippen molar-refractivity contribution < 1.29 is 0 Å². The third-order valence-corrected chi connectivity index (χ3v) is 4.11. The molecule has 0 radical (unpaired) electrons. The zero-order valence-electron chi connectivity index (χ0n) is 9.55. The number of hydrogen-bond donors (Lipinski definition) is 1. The van der Waals surface area contributed by atoms with Crippen LogP contribution >= 0.6 is 11.3 Å². The zero-order valence-corrected chi connectivity index (χ0v) is 10.4. The van der Waals surface area contributed by atoms with Crippen molar-refractivity contribution in [2.24, 2.45) is 0 Å². The average Bonchev–Trinajstić information content (AvgIpc) is 3.04. The van der Waals surface area contributed by atoms with E-state index in [2.05, 4.69) is 38.5 Å². The van der Waals surface area contributed by atoms with Gasteiger partial charge in [-0.15, -0.1) is 0 Å². The molecule has 4 nitrogen and oxygen atoms in total. The molecule has 0 saturated heterocycles. The number of thiazole rings is 1. The van der Waals surface area contributed by atoms with Gasteiger partial charge in [0.1, 0.15) is 5.01 Å². The van der Waals surface area contributed by atoms with Crippen LogP contribution in [0, 0.1) is 0 Å². The molecule has 0 saturated carbocycles. The van der Waals surface area contributed by atoms with Crippen molar-refractivity contribution in [3.8, 4) is 10.6 Å². The topological polar surface area (TPSA) is 50.7 Å². The number of nitrogens with one attached hydrogen (secondary N) is 1. The molecule has 1 N–H and O–H groups in total. The summed E-state index contributed by atoms with van der Waals surface area (Å²) >= 11 is 1.59. The van der Waals surface area contributed by atoms with E-state index in [1.54, 1.807) is 23.7 Å². The first-order valence-corrected chi connectivity index (χ1v) is 6.66. The highest BCUT2D eigenvalue weighted by Gasteiger charge is 2.13. The molecule has 3 heterocycles. The van der Waals surface area contributed by atoms with Gasteiger partial charge in [-0.1, -0.05) is 11.3 Å². The van der Waals surface area contributed by atoms with E-state index in [1.165, 1.54) is 11.3 Å². The van der Waals surface area contributed by atoms with Crippen LogP contribution in [0.5, 0.6) is 0 Å². The summed E-state index contributed by atoms with van der Waals surface area (Å²) in [6, 6.07) is 6.45. The second-order valence-electron chi connectivity index (χ2n) is 4.25. The van der Waals surface area contributed by atoms with Crippen molar-refractivity contribution >= 4 is 27.5 Å². The summed E-state index contributed by atoms with van der Waals surface area (Å²) in [5.74, 6) is 0. The van der Waals surface area contributed by atoms with Crippen molar-refractivity contribution in [1.82, 2.24) is 15.0 Å². The van der Waals surface area contributed by atoms with Gasteiger partial charge in [0.2, 0.25) is 0 Å². The molecule has 0 aliphatic carbocycles. The molecular formula is C13H10N4S. The minimum Gasteiger partial charge on any atom is -0.384 e. The minimum absolute atomic E-state index is 0.733. The van der Waals surface area contributed by atoms with E-state index in [4.69, 9.17) is 0 Å². The lowest BCUT2D eigenvalue weighted by atomic mass is 10.1. The number of rotatable bonds is 1. The van der Waals surface area contributed by atoms with E-state index in [0.717, 1.165) is 34.0 Å². The predicted molar refractivity (Wildman–Crippen MR) is 72.8 cm³/mol. The van der Waals surface area contributed by atoms with Gasteiger partial charge >= 0.3 is 0 Å². The largest absolute Gasteiger partial charge is 0.384 e. The highest BCUT2D eigenvalue weighted by molar-refractivity contribution is 7.21. The van der Waals surface area contributed by atoms with Gasteiger partial charge in [0.25, 0.3) is 0 Å². The van der Waals surface area contributed by atoms with Gasteiger partial charge < -0.3 is 5.32 Å². The van der Waals surface area contributed by atoms with Crippen molar-refractivity contribution in [2.45, 2.75) is 6.42 Å². The molecule has 88 valence electrons. The van der Waals surface area contributed by atoms with Gasteiger partial charge in [-0.05, 0) is 30.2 Å². The predicted octanol–water partition coefficient (Wildman–Crippen LogP) is 2.72. The molecule has 18 heavy (non-hydrogen) atoms. The molecule has 2 aromatic heterocycles. The Bertz CT molecular complexity index is 702. The van der Waals surface area contributed by atoms with Crippen LogP contribution in [0.15, 0.2) is 30.6 Å². The van der Waals surface area contributed by atoms with Gasteiger partial charge in [0.05, 0.1) is 0 Å². The molecular weight excluding hydrogens is 244 g/mol. The second kappa shape index (κ2) is 3.74. The monoisotopic (exact) mass is 254 g/mol. The van der Waals surface area contributed by atoms with E-state index in [-0.39, 0.29) is 0 Å². The number of anilines is 1. The molecule has 0 atom stereocenters. The van der Waals surface area contributed by atoms with Gasteiger partial charge in [0.15, 0.2) is 10.5 Å². The summed E-state index contributed by atoms with van der Waals surface area (Å²) in [5, 5.41) is 4.36. The maximum Gasteiger partial charge on any atom is 0.190 e. The molecule has 1 aromatic carbocycles. The van der Waals surface area contributed by atoms with Crippen LogP contribution in [-0.2, 0) is 6.42 Å². The summed E-state index contributed by atoms with van der Waals surface area (Å²) in [7, 11) is 0. The van der Waals surface area contributed by atoms with Crippen molar-refractivity contribution in [1.29, 1.82) is 0 Å². The third kappa shape index (κ3) is 1.48. The highest BCUT2D eigenvalue weighted by atomic mass is 32.1. The summed E-state index contributed by atoms with van der Waals surface area (Å²) in [4.78, 5) is 13.9. The van der Waals surface area contributed by atoms with E-state index in [0.29, 0.717) is 0 Å². The summed E-state index contributed by atoms with van der Waals surface area (Å²) in [5.41, 5.74) is 4.50. The quantitative estimate of drug-likeness (QED) is 0.725. The smallest absolute Gasteiger partial charge is 0.190 e. The fourth-order valence-electron chi connectivity index (χ4n) is 2.24. The van der Waals surface area contributed by atoms with Crippen LogP contribution in [0.25, 0.3) is 21.0 Å². The average molecular weight is 254 g/mol. The van der Waals surface area contributed by atoms with Crippen LogP contribution < -0.4 is 5.32 Å². The first-order valence-electron chi connectivity index (χ1n) is 5.85. The fourth-order valence-corrected chi connectivity index (χ4v) is 3.10. The number of benzene rings is 1. The van der Waals surface area contributed by atoms with Crippen molar-refractivity contribution in [3.63, 3.8) is 0 Å². The molecule has 1 aliphatic heterocycles. The molecule has 3 aromatic rings. The second-order valence-corrected chi connectivity index (χ2v) is 5.23. The molecule has 1 aliphatic rings. The summed E-state index contributed by atoms with van der Waals surface area (Å²) < 4.78 is 0. The van der Waals surface area contributed by atoms with E-state index in [1.807, 2.05) is 0 Å². The molecule has 4 rings (SSSR count). The Hall–Kier alpha value is -2.01. The van der Waals surface area contributed by atoms with Crippen LogP contribution in [-0.4, -0.2) is 21.5 Å². The molecule has 0 bridgehead atoms. The maximum absolute atomic E-state index is 4.53. The van der Waals surface area contributed by atoms with E-state index >= 15 is 0 Å². The third-order valence-electron chi connectivity index (χ3n) is 3.11. The van der Waals surface area contributed by atoms with Crippen LogP contribution in [0.1, 0.15) is 5.56 Å². The number of aromatic nitrogens is 3. The lowest BCUT2D eigenvalue weighted by molar-refractivity contribution is 1.11. The fraction of sp³-hybridized carbons (Fsp3) is 0.154. The molecule has 0 fully saturated rings. The Balaban J connectivity index is 1.86. The van der Waals surface area contributed by atoms with Gasteiger partial charge in [-0.3, -0.25) is 0 Å². The molecule has 0 spiro atoms. The zero-order chi connectivity index (χ0) is 11.9. The van der Waals surface area contributed by atoms with Crippen molar-refractivity contribution in [2.75, 3.05) is 11.9 Å². The number of nitrogens with zero attached hydrogens (tertiary/aromatic N) is 3. The first kappa shape index (κ1) is 9.96. The van der Waals surface area contributed by atoms with Crippen molar-refractivity contribution in [3.05, 3.63) is 36.2 Å². The molecule has 5 heteroatoms. The standard InChI is InChI=1S/C13H10N4S/c1-2-10-8(3-4-14-10)7-9(1)12-17-11-13(18-12)16-6-5-15-11/h1-2,5-7,14H,3-4H2. The molecule has 0 unspecified atom stereocenters. The molecule has 0 amide bonds. The van der Waals surface area contributed by atoms with Crippen LogP contribution in [0.2, 0.25) is 0 Å². The van der Waals surface area contributed by atoms with Crippen LogP contribution in [0.3, 0.4) is 0 Å². The lowest BCUT2D eigenvalue weighted by Gasteiger charge is -2.01. The Morgan fingerprint density at radius 3 is 3.06 bits per heavy atom. The normalized spacial score (nSPS) is 13.6. The van der Waals surface area contributed by atoms with Gasteiger partial charge in [-0.25, -0.2) is 15.0 Å². The van der Waals surface area contributed by atoms with E-state index < -0.39 is 0 Å². The summed E-state index contributed by atoms with van der Waals surface area (Å²) in [6.07, 6.45) is 4.47. The SMILES string of the molecule is c1cnc2sc(-c3ccc4c(c3)CCN4)nc2n1. The lowest BCUT2D eigenvalue weighted by Crippen LogP contribution is -1.90. The number of fused-ring (bicyclic) bond motifs is 2. The Morgan fingerprint density at radius 2 is 2.11 bits per heavy atom. The number of hydrogen-bond acceptors (Lipinski definition) is 5. The minimum atomic E-state index is 0.733. The van der Waals surface area contributed by atoms with Gasteiger partial charge in [0, 0.05) is 30.2 Å². The van der Waals surface area contributed by atoms with E-state index in [9.17, 15) is 0 Å². The van der Waals surface area contributed by atoms with Crippen LogP contribution in [0.4, 0.5) is 5.69 Å². The Kier molecular flexibility index (Phi) is 2.07. The Labute approximate surface area is 108 Å². The first-order chi connectivity index (χ1) is 8.90. The van der Waals surface area contributed by atoms with Gasteiger partial charge in [-0.2, -0.15) is 0 Å². The summed E-state index contributed by atoms with van der Waals surface area (Å²) in [6.45, 7) is 1.03. The maximum atomic E-state index is 4.53. The highest BCUT2D eigenvalue weighted by Crippen LogP contribution is 2.32. The Morgan fingerprint density at radius 1 is 1.17 bits per heavy atom.